The van der Waals surface area contributed by atoms with Crippen LogP contribution in [0.1, 0.15) is 44.7 Å². The van der Waals surface area contributed by atoms with Crippen LogP contribution in [0, 0.1) is 5.92 Å². The molecule has 0 aliphatic carbocycles. The fraction of sp³-hybridized carbons (Fsp3) is 0.737. The molecule has 0 spiro atoms. The van der Waals surface area contributed by atoms with Crippen molar-refractivity contribution in [3.63, 3.8) is 0 Å². The summed E-state index contributed by atoms with van der Waals surface area (Å²) in [5.41, 5.74) is 1.46. The molecule has 2 fully saturated rings. The lowest BCUT2D eigenvalue weighted by molar-refractivity contribution is 0.132. The lowest BCUT2D eigenvalue weighted by Gasteiger charge is -2.40. The van der Waals surface area contributed by atoms with E-state index in [0.717, 1.165) is 32.1 Å². The van der Waals surface area contributed by atoms with Gasteiger partial charge in [-0.25, -0.2) is 4.98 Å². The third kappa shape index (κ3) is 4.04. The molecule has 0 radical (unpaired) electrons. The maximum atomic E-state index is 4.80. The zero-order valence-electron chi connectivity index (χ0n) is 15.0. The van der Waals surface area contributed by atoms with E-state index in [2.05, 4.69) is 47.7 Å². The maximum absolute atomic E-state index is 4.80. The van der Waals surface area contributed by atoms with E-state index in [1.807, 2.05) is 6.20 Å². The maximum Gasteiger partial charge on any atom is 0.133 e. The van der Waals surface area contributed by atoms with Crippen molar-refractivity contribution in [2.45, 2.75) is 39.2 Å². The molecule has 3 rings (SSSR count). The predicted molar refractivity (Wildman–Crippen MR) is 97.0 cm³/mol. The molecule has 0 aromatic carbocycles. The Labute approximate surface area is 141 Å². The van der Waals surface area contributed by atoms with Crippen LogP contribution < -0.4 is 4.90 Å². The molecule has 128 valence electrons. The number of likely N-dealkylation sites (N-methyl/N-ethyl adjacent to an activating group) is 1. The number of aromatic nitrogens is 1. The van der Waals surface area contributed by atoms with Gasteiger partial charge in [-0.1, -0.05) is 26.3 Å². The monoisotopic (exact) mass is 316 g/mol. The Morgan fingerprint density at radius 1 is 1.13 bits per heavy atom. The van der Waals surface area contributed by atoms with E-state index in [9.17, 15) is 0 Å². The molecule has 1 aromatic rings. The summed E-state index contributed by atoms with van der Waals surface area (Å²) in [5.74, 6) is 1.96. The standard InChI is InChI=1S/C19H32N4/c1-16(2)15-23-10-5-4-8-18(23)17-7-6-9-20-19(17)22-13-11-21(3)12-14-22/h6-7,9,16,18H,4-5,8,10-15H2,1-3H3/t18-/m0/s1. The second kappa shape index (κ2) is 7.63. The van der Waals surface area contributed by atoms with Gasteiger partial charge in [0, 0.05) is 50.5 Å². The van der Waals surface area contributed by atoms with Crippen molar-refractivity contribution in [2.75, 3.05) is 51.2 Å². The van der Waals surface area contributed by atoms with E-state index < -0.39 is 0 Å². The van der Waals surface area contributed by atoms with Gasteiger partial charge in [-0.2, -0.15) is 0 Å². The second-order valence-electron chi connectivity index (χ2n) is 7.61. The first-order valence-electron chi connectivity index (χ1n) is 9.27. The highest BCUT2D eigenvalue weighted by Crippen LogP contribution is 2.36. The molecular weight excluding hydrogens is 284 g/mol. The molecule has 0 unspecified atom stereocenters. The van der Waals surface area contributed by atoms with E-state index in [0.29, 0.717) is 6.04 Å². The number of hydrogen-bond donors (Lipinski definition) is 0. The molecule has 0 saturated carbocycles. The van der Waals surface area contributed by atoms with Crippen LogP contribution in [-0.2, 0) is 0 Å². The summed E-state index contributed by atoms with van der Waals surface area (Å²) in [5, 5.41) is 0. The van der Waals surface area contributed by atoms with Crippen LogP contribution in [0.4, 0.5) is 5.82 Å². The zero-order chi connectivity index (χ0) is 16.2. The number of piperidine rings is 1. The van der Waals surface area contributed by atoms with Gasteiger partial charge in [0.25, 0.3) is 0 Å². The molecule has 2 aliphatic rings. The summed E-state index contributed by atoms with van der Waals surface area (Å²) < 4.78 is 0. The van der Waals surface area contributed by atoms with Gasteiger partial charge in [0.1, 0.15) is 5.82 Å². The molecule has 0 N–H and O–H groups in total. The van der Waals surface area contributed by atoms with Gasteiger partial charge in [0.15, 0.2) is 0 Å². The third-order valence-corrected chi connectivity index (χ3v) is 5.19. The predicted octanol–water partition coefficient (Wildman–Crippen LogP) is 3.02. The smallest absolute Gasteiger partial charge is 0.133 e. The summed E-state index contributed by atoms with van der Waals surface area (Å²) in [6.07, 6.45) is 5.93. The minimum absolute atomic E-state index is 0.550. The topological polar surface area (TPSA) is 22.6 Å². The van der Waals surface area contributed by atoms with Crippen molar-refractivity contribution < 1.29 is 0 Å². The van der Waals surface area contributed by atoms with Gasteiger partial charge in [0.05, 0.1) is 0 Å². The molecular formula is C19H32N4. The Morgan fingerprint density at radius 2 is 1.91 bits per heavy atom. The molecule has 4 heteroatoms. The highest BCUT2D eigenvalue weighted by Gasteiger charge is 2.28. The van der Waals surface area contributed by atoms with Crippen molar-refractivity contribution in [1.82, 2.24) is 14.8 Å². The summed E-state index contributed by atoms with van der Waals surface area (Å²) in [6.45, 7) is 11.6. The van der Waals surface area contributed by atoms with E-state index in [1.165, 1.54) is 43.7 Å². The van der Waals surface area contributed by atoms with E-state index in [1.54, 1.807) is 0 Å². The van der Waals surface area contributed by atoms with Crippen molar-refractivity contribution in [3.05, 3.63) is 23.9 Å². The highest BCUT2D eigenvalue weighted by molar-refractivity contribution is 5.49. The van der Waals surface area contributed by atoms with Crippen LogP contribution >= 0.6 is 0 Å². The van der Waals surface area contributed by atoms with Crippen LogP contribution in [0.5, 0.6) is 0 Å². The molecule has 1 aromatic heterocycles. The SMILES string of the molecule is CC(C)CN1CCCC[C@H]1c1cccnc1N1CCN(C)CC1. The number of anilines is 1. The first-order valence-corrected chi connectivity index (χ1v) is 9.27. The van der Waals surface area contributed by atoms with E-state index in [4.69, 9.17) is 4.98 Å². The van der Waals surface area contributed by atoms with Crippen LogP contribution in [0.25, 0.3) is 0 Å². The quantitative estimate of drug-likeness (QED) is 0.851. The summed E-state index contributed by atoms with van der Waals surface area (Å²) in [7, 11) is 2.21. The average Bonchev–Trinajstić information content (AvgIpc) is 2.56. The zero-order valence-corrected chi connectivity index (χ0v) is 15.0. The number of hydrogen-bond acceptors (Lipinski definition) is 4. The summed E-state index contributed by atoms with van der Waals surface area (Å²) >= 11 is 0. The fourth-order valence-electron chi connectivity index (χ4n) is 3.98. The number of pyridine rings is 1. The van der Waals surface area contributed by atoms with Gasteiger partial charge < -0.3 is 9.80 Å². The average molecular weight is 316 g/mol. The van der Waals surface area contributed by atoms with Gasteiger partial charge in [0.2, 0.25) is 0 Å². The first-order chi connectivity index (χ1) is 11.1. The molecule has 0 amide bonds. The van der Waals surface area contributed by atoms with Crippen molar-refractivity contribution in [2.24, 2.45) is 5.92 Å². The Hall–Kier alpha value is -1.13. The number of piperazine rings is 1. The molecule has 23 heavy (non-hydrogen) atoms. The molecule has 2 saturated heterocycles. The molecule has 1 atom stereocenters. The Morgan fingerprint density at radius 3 is 2.65 bits per heavy atom. The van der Waals surface area contributed by atoms with Crippen LogP contribution in [0.2, 0.25) is 0 Å². The highest BCUT2D eigenvalue weighted by atomic mass is 15.3. The minimum atomic E-state index is 0.550. The van der Waals surface area contributed by atoms with Gasteiger partial charge >= 0.3 is 0 Å². The number of rotatable bonds is 4. The third-order valence-electron chi connectivity index (χ3n) is 5.19. The van der Waals surface area contributed by atoms with E-state index >= 15 is 0 Å². The van der Waals surface area contributed by atoms with Gasteiger partial charge in [-0.15, -0.1) is 0 Å². The Kier molecular flexibility index (Phi) is 5.54. The normalized spacial score (nSPS) is 24.3. The minimum Gasteiger partial charge on any atom is -0.354 e. The number of likely N-dealkylation sites (tertiary alicyclic amines) is 1. The first kappa shape index (κ1) is 16.7. The summed E-state index contributed by atoms with van der Waals surface area (Å²) in [4.78, 5) is 12.4. The largest absolute Gasteiger partial charge is 0.354 e. The van der Waals surface area contributed by atoms with Crippen LogP contribution in [-0.4, -0.2) is 61.1 Å². The van der Waals surface area contributed by atoms with Gasteiger partial charge in [-0.05, 0) is 38.4 Å². The molecule has 3 heterocycles. The van der Waals surface area contributed by atoms with Crippen molar-refractivity contribution in [3.8, 4) is 0 Å². The van der Waals surface area contributed by atoms with Gasteiger partial charge in [-0.3, -0.25) is 4.90 Å². The van der Waals surface area contributed by atoms with Crippen LogP contribution in [0.3, 0.4) is 0 Å². The van der Waals surface area contributed by atoms with Crippen molar-refractivity contribution >= 4 is 5.82 Å². The lowest BCUT2D eigenvalue weighted by Crippen LogP contribution is -2.45. The Balaban J connectivity index is 1.83. The molecule has 4 nitrogen and oxygen atoms in total. The van der Waals surface area contributed by atoms with Crippen molar-refractivity contribution in [1.29, 1.82) is 0 Å². The molecule has 2 aliphatic heterocycles. The Bertz CT molecular complexity index is 494. The fourth-order valence-corrected chi connectivity index (χ4v) is 3.98. The van der Waals surface area contributed by atoms with E-state index in [-0.39, 0.29) is 0 Å². The summed E-state index contributed by atoms with van der Waals surface area (Å²) in [6, 6.07) is 5.00. The number of nitrogens with zero attached hydrogens (tertiary/aromatic N) is 4. The lowest BCUT2D eigenvalue weighted by atomic mass is 9.94. The van der Waals surface area contributed by atoms with Crippen LogP contribution in [0.15, 0.2) is 18.3 Å². The molecule has 0 bridgehead atoms. The second-order valence-corrected chi connectivity index (χ2v) is 7.61.